The molecule has 0 aliphatic carbocycles. The average molecular weight is 224 g/mol. The predicted molar refractivity (Wildman–Crippen MR) is 61.7 cm³/mol. The number of carboxylic acid groups (broad SMARTS) is 1. The number of aromatic nitrogens is 2. The zero-order chi connectivity index (χ0) is 12.1. The number of anilines is 2. The molecular weight excluding hydrogens is 208 g/mol. The lowest BCUT2D eigenvalue weighted by Crippen LogP contribution is -2.28. The first kappa shape index (κ1) is 12.2. The van der Waals surface area contributed by atoms with Crippen LogP contribution in [0.25, 0.3) is 0 Å². The molecule has 0 saturated heterocycles. The van der Waals surface area contributed by atoms with Crippen molar-refractivity contribution in [2.24, 2.45) is 0 Å². The minimum absolute atomic E-state index is 0.497. The van der Waals surface area contributed by atoms with E-state index in [0.29, 0.717) is 12.2 Å². The van der Waals surface area contributed by atoms with E-state index < -0.39 is 12.0 Å². The van der Waals surface area contributed by atoms with Gasteiger partial charge in [0.15, 0.2) is 0 Å². The number of nitrogens with one attached hydrogen (secondary N) is 1. The predicted octanol–water partition coefficient (Wildman–Crippen LogP) is 0.818. The molecule has 1 aromatic rings. The molecule has 0 amide bonds. The van der Waals surface area contributed by atoms with Crippen LogP contribution >= 0.6 is 0 Å². The summed E-state index contributed by atoms with van der Waals surface area (Å²) >= 11 is 0. The lowest BCUT2D eigenvalue weighted by atomic mass is 10.2. The third-order valence-corrected chi connectivity index (χ3v) is 2.14. The van der Waals surface area contributed by atoms with Crippen LogP contribution in [0.5, 0.6) is 0 Å². The Morgan fingerprint density at radius 2 is 2.25 bits per heavy atom. The molecule has 0 bridgehead atoms. The summed E-state index contributed by atoms with van der Waals surface area (Å²) in [5.74, 6) is 0.373. The Labute approximate surface area is 94.3 Å². The van der Waals surface area contributed by atoms with Gasteiger partial charge in [-0.1, -0.05) is 6.92 Å². The first-order valence-electron chi connectivity index (χ1n) is 5.03. The Morgan fingerprint density at radius 1 is 1.56 bits per heavy atom. The topological polar surface area (TPSA) is 78.3 Å². The number of hydrogen-bond acceptors (Lipinski definition) is 5. The number of nitrogens with zero attached hydrogens (tertiary/aromatic N) is 3. The maximum atomic E-state index is 10.8. The Kier molecular flexibility index (Phi) is 4.04. The van der Waals surface area contributed by atoms with E-state index in [-0.39, 0.29) is 0 Å². The van der Waals surface area contributed by atoms with Gasteiger partial charge in [0.25, 0.3) is 0 Å². The van der Waals surface area contributed by atoms with Gasteiger partial charge in [0, 0.05) is 20.2 Å². The van der Waals surface area contributed by atoms with Crippen LogP contribution in [0.1, 0.15) is 13.3 Å². The largest absolute Gasteiger partial charge is 0.480 e. The van der Waals surface area contributed by atoms with E-state index >= 15 is 0 Å². The van der Waals surface area contributed by atoms with Crippen molar-refractivity contribution in [1.29, 1.82) is 0 Å². The number of carbonyl (C=O) groups is 1. The maximum Gasteiger partial charge on any atom is 0.326 e. The molecule has 0 spiro atoms. The normalized spacial score (nSPS) is 11.9. The fraction of sp³-hybridized carbons (Fsp3) is 0.500. The molecule has 6 heteroatoms. The van der Waals surface area contributed by atoms with Gasteiger partial charge in [-0.2, -0.15) is 0 Å². The van der Waals surface area contributed by atoms with Crippen molar-refractivity contribution in [2.75, 3.05) is 24.3 Å². The summed E-state index contributed by atoms with van der Waals surface area (Å²) < 4.78 is 0. The van der Waals surface area contributed by atoms with Gasteiger partial charge in [0.05, 0.1) is 0 Å². The first-order valence-corrected chi connectivity index (χ1v) is 5.03. The molecule has 6 nitrogen and oxygen atoms in total. The maximum absolute atomic E-state index is 10.8. The second-order valence-corrected chi connectivity index (χ2v) is 3.60. The number of hydrogen-bond donors (Lipinski definition) is 2. The van der Waals surface area contributed by atoms with Gasteiger partial charge in [-0.15, -0.1) is 0 Å². The van der Waals surface area contributed by atoms with Crippen molar-refractivity contribution in [3.05, 3.63) is 12.4 Å². The first-order chi connectivity index (χ1) is 7.54. The van der Waals surface area contributed by atoms with Crippen molar-refractivity contribution in [2.45, 2.75) is 19.4 Å². The van der Waals surface area contributed by atoms with Gasteiger partial charge in [0.2, 0.25) is 0 Å². The average Bonchev–Trinajstić information content (AvgIpc) is 2.25. The molecule has 0 aliphatic rings. The van der Waals surface area contributed by atoms with Crippen molar-refractivity contribution in [3.63, 3.8) is 0 Å². The molecule has 16 heavy (non-hydrogen) atoms. The highest BCUT2D eigenvalue weighted by atomic mass is 16.4. The van der Waals surface area contributed by atoms with Crippen LogP contribution in [0.15, 0.2) is 12.4 Å². The highest BCUT2D eigenvalue weighted by Gasteiger charge is 2.15. The Balaban J connectivity index is 2.80. The lowest BCUT2D eigenvalue weighted by Gasteiger charge is -2.15. The number of carboxylic acids is 1. The molecule has 88 valence electrons. The molecule has 0 radical (unpaired) electrons. The third kappa shape index (κ3) is 3.08. The van der Waals surface area contributed by atoms with E-state index in [1.807, 2.05) is 19.0 Å². The van der Waals surface area contributed by atoms with Gasteiger partial charge in [0.1, 0.15) is 24.0 Å². The Bertz CT molecular complexity index is 368. The molecule has 1 rings (SSSR count). The smallest absolute Gasteiger partial charge is 0.326 e. The molecule has 1 aromatic heterocycles. The molecule has 2 N–H and O–H groups in total. The minimum Gasteiger partial charge on any atom is -0.480 e. The Morgan fingerprint density at radius 3 is 2.75 bits per heavy atom. The van der Waals surface area contributed by atoms with Crippen LogP contribution in [-0.4, -0.2) is 41.2 Å². The summed E-state index contributed by atoms with van der Waals surface area (Å²) in [6.07, 6.45) is 1.91. The summed E-state index contributed by atoms with van der Waals surface area (Å²) in [7, 11) is 3.72. The fourth-order valence-corrected chi connectivity index (χ4v) is 1.19. The van der Waals surface area contributed by atoms with Crippen LogP contribution < -0.4 is 10.2 Å². The fourth-order valence-electron chi connectivity index (χ4n) is 1.19. The van der Waals surface area contributed by atoms with E-state index in [0.717, 1.165) is 5.82 Å². The summed E-state index contributed by atoms with van der Waals surface area (Å²) in [5, 5.41) is 11.7. The van der Waals surface area contributed by atoms with Crippen molar-refractivity contribution in [1.82, 2.24) is 9.97 Å². The van der Waals surface area contributed by atoms with Gasteiger partial charge in [-0.25, -0.2) is 14.8 Å². The second kappa shape index (κ2) is 5.29. The van der Waals surface area contributed by atoms with E-state index in [4.69, 9.17) is 5.11 Å². The standard InChI is InChI=1S/C10H16N4O2/c1-4-7(10(15)16)13-8-5-9(14(2)3)12-6-11-8/h5-7H,4H2,1-3H3,(H,15,16)(H,11,12,13). The highest BCUT2D eigenvalue weighted by molar-refractivity contribution is 5.76. The van der Waals surface area contributed by atoms with Gasteiger partial charge in [-0.05, 0) is 6.42 Å². The summed E-state index contributed by atoms with van der Waals surface area (Å²) in [4.78, 5) is 20.7. The Hall–Kier alpha value is -1.85. The van der Waals surface area contributed by atoms with Crippen LogP contribution in [0.2, 0.25) is 0 Å². The van der Waals surface area contributed by atoms with Crippen molar-refractivity contribution < 1.29 is 9.90 Å². The zero-order valence-corrected chi connectivity index (χ0v) is 9.64. The van der Waals surface area contributed by atoms with Crippen LogP contribution in [0.4, 0.5) is 11.6 Å². The number of rotatable bonds is 5. The van der Waals surface area contributed by atoms with E-state index in [2.05, 4.69) is 15.3 Å². The third-order valence-electron chi connectivity index (χ3n) is 2.14. The van der Waals surface area contributed by atoms with E-state index in [1.54, 1.807) is 13.0 Å². The monoisotopic (exact) mass is 224 g/mol. The van der Waals surface area contributed by atoms with Crippen molar-refractivity contribution in [3.8, 4) is 0 Å². The quantitative estimate of drug-likeness (QED) is 0.771. The molecule has 0 saturated carbocycles. The van der Waals surface area contributed by atoms with Crippen LogP contribution in [-0.2, 0) is 4.79 Å². The molecule has 0 aromatic carbocycles. The van der Waals surface area contributed by atoms with Gasteiger partial charge >= 0.3 is 5.97 Å². The minimum atomic E-state index is -0.882. The van der Waals surface area contributed by atoms with E-state index in [9.17, 15) is 4.79 Å². The SMILES string of the molecule is CCC(Nc1cc(N(C)C)ncn1)C(=O)O. The summed E-state index contributed by atoms with van der Waals surface area (Å²) in [5.41, 5.74) is 0. The van der Waals surface area contributed by atoms with Crippen LogP contribution in [0, 0.1) is 0 Å². The second-order valence-electron chi connectivity index (χ2n) is 3.60. The molecule has 0 fully saturated rings. The molecule has 1 unspecified atom stereocenters. The summed E-state index contributed by atoms with van der Waals surface area (Å²) in [6, 6.07) is 1.09. The van der Waals surface area contributed by atoms with E-state index in [1.165, 1.54) is 6.33 Å². The molecular formula is C10H16N4O2. The molecule has 1 heterocycles. The number of aliphatic carboxylic acids is 1. The highest BCUT2D eigenvalue weighted by Crippen LogP contribution is 2.12. The molecule has 0 aliphatic heterocycles. The van der Waals surface area contributed by atoms with Gasteiger partial charge < -0.3 is 15.3 Å². The zero-order valence-electron chi connectivity index (χ0n) is 9.64. The lowest BCUT2D eigenvalue weighted by molar-refractivity contribution is -0.137. The summed E-state index contributed by atoms with van der Waals surface area (Å²) in [6.45, 7) is 1.81. The van der Waals surface area contributed by atoms with Gasteiger partial charge in [-0.3, -0.25) is 0 Å². The van der Waals surface area contributed by atoms with Crippen molar-refractivity contribution >= 4 is 17.6 Å². The molecule has 1 atom stereocenters. The van der Waals surface area contributed by atoms with Crippen LogP contribution in [0.3, 0.4) is 0 Å².